The molecule has 14 heavy (non-hydrogen) atoms. The van der Waals surface area contributed by atoms with Crippen LogP contribution in [0.2, 0.25) is 0 Å². The molecule has 3 N–H and O–H groups in total. The molecular weight excluding hydrogens is 194 g/mol. The first-order chi connectivity index (χ1) is 6.77. The van der Waals surface area contributed by atoms with Crippen LogP contribution in [0.5, 0.6) is 0 Å². The molecule has 0 aromatic carbocycles. The second-order valence-corrected chi connectivity index (χ2v) is 4.73. The van der Waals surface area contributed by atoms with Gasteiger partial charge in [-0.25, -0.2) is 0 Å². The van der Waals surface area contributed by atoms with E-state index >= 15 is 0 Å². The Kier molecular flexibility index (Phi) is 10.8. The Morgan fingerprint density at radius 2 is 1.50 bits per heavy atom. The summed E-state index contributed by atoms with van der Waals surface area (Å²) in [6, 6.07) is 0. The molecule has 84 valence electrons. The maximum Gasteiger partial charge on any atom is 0.0581 e. The fourth-order valence-electron chi connectivity index (χ4n) is 1.30. The van der Waals surface area contributed by atoms with Crippen molar-refractivity contribution in [2.45, 2.75) is 44.9 Å². The lowest BCUT2D eigenvalue weighted by molar-refractivity contribution is 0.282. The Balaban J connectivity index is 2.88. The third kappa shape index (κ3) is 11.8. The molecule has 0 aliphatic rings. The summed E-state index contributed by atoms with van der Waals surface area (Å²) in [5.74, 6) is 1.10. The van der Waals surface area contributed by atoms with Gasteiger partial charge < -0.3 is 10.8 Å². The van der Waals surface area contributed by atoms with E-state index in [1.54, 1.807) is 11.8 Å². The van der Waals surface area contributed by atoms with Crippen molar-refractivity contribution in [1.29, 1.82) is 0 Å². The molecule has 0 spiro atoms. The lowest BCUT2D eigenvalue weighted by atomic mass is 10.1. The lowest BCUT2D eigenvalue weighted by Crippen LogP contribution is -1.91. The summed E-state index contributed by atoms with van der Waals surface area (Å²) in [6.45, 7) is 3.98. The summed E-state index contributed by atoms with van der Waals surface area (Å²) in [5, 5.41) is 9.30. The van der Waals surface area contributed by atoms with E-state index in [1.807, 2.05) is 0 Å². The van der Waals surface area contributed by atoms with Crippen molar-refractivity contribution < 1.29 is 5.11 Å². The van der Waals surface area contributed by atoms with E-state index in [4.69, 9.17) is 10.8 Å². The summed E-state index contributed by atoms with van der Waals surface area (Å²) < 4.78 is 0. The number of hydrogen-bond donors (Lipinski definition) is 2. The Labute approximate surface area is 92.0 Å². The minimum Gasteiger partial charge on any atom is -0.396 e. The van der Waals surface area contributed by atoms with E-state index in [0.717, 1.165) is 17.2 Å². The van der Waals surface area contributed by atoms with Crippen molar-refractivity contribution in [3.63, 3.8) is 0 Å². The molecule has 0 unspecified atom stereocenters. The SMILES string of the molecule is C=C(N)SCCCCCCCCCO. The van der Waals surface area contributed by atoms with E-state index in [9.17, 15) is 0 Å². The lowest BCUT2D eigenvalue weighted by Gasteiger charge is -2.01. The van der Waals surface area contributed by atoms with Gasteiger partial charge in [0.1, 0.15) is 0 Å². The van der Waals surface area contributed by atoms with Crippen LogP contribution in [-0.4, -0.2) is 17.5 Å². The highest BCUT2D eigenvalue weighted by Crippen LogP contribution is 2.12. The van der Waals surface area contributed by atoms with Gasteiger partial charge in [-0.1, -0.05) is 38.7 Å². The van der Waals surface area contributed by atoms with Gasteiger partial charge in [-0.2, -0.15) is 0 Å². The summed E-state index contributed by atoms with van der Waals surface area (Å²) >= 11 is 1.65. The normalized spacial score (nSPS) is 10.4. The van der Waals surface area contributed by atoms with E-state index in [1.165, 1.54) is 38.5 Å². The molecule has 0 aromatic heterocycles. The summed E-state index contributed by atoms with van der Waals surface area (Å²) in [6.07, 6.45) is 8.53. The second-order valence-electron chi connectivity index (χ2n) is 3.51. The maximum atomic E-state index is 8.57. The van der Waals surface area contributed by atoms with Gasteiger partial charge in [-0.05, 0) is 18.6 Å². The van der Waals surface area contributed by atoms with Crippen molar-refractivity contribution in [3.8, 4) is 0 Å². The Morgan fingerprint density at radius 3 is 2.00 bits per heavy atom. The van der Waals surface area contributed by atoms with Crippen molar-refractivity contribution in [2.75, 3.05) is 12.4 Å². The molecule has 0 rings (SSSR count). The van der Waals surface area contributed by atoms with Crippen LogP contribution in [0.1, 0.15) is 44.9 Å². The van der Waals surface area contributed by atoms with Gasteiger partial charge in [-0.3, -0.25) is 0 Å². The van der Waals surface area contributed by atoms with Crippen LogP contribution in [0, 0.1) is 0 Å². The molecule has 0 bridgehead atoms. The number of unbranched alkanes of at least 4 members (excludes halogenated alkanes) is 6. The van der Waals surface area contributed by atoms with E-state index in [2.05, 4.69) is 6.58 Å². The average Bonchev–Trinajstić information content (AvgIpc) is 2.15. The highest BCUT2D eigenvalue weighted by molar-refractivity contribution is 8.02. The quantitative estimate of drug-likeness (QED) is 0.553. The molecule has 2 nitrogen and oxygen atoms in total. The minimum absolute atomic E-state index is 0.343. The summed E-state index contributed by atoms with van der Waals surface area (Å²) in [4.78, 5) is 0. The number of aliphatic hydroxyl groups excluding tert-OH is 1. The van der Waals surface area contributed by atoms with Crippen LogP contribution >= 0.6 is 11.8 Å². The number of aliphatic hydroxyl groups is 1. The zero-order valence-electron chi connectivity index (χ0n) is 9.00. The first-order valence-corrected chi connectivity index (χ1v) is 6.44. The maximum absolute atomic E-state index is 8.57. The van der Waals surface area contributed by atoms with Crippen molar-refractivity contribution >= 4 is 11.8 Å². The predicted octanol–water partition coefficient (Wildman–Crippen LogP) is 2.87. The highest BCUT2D eigenvalue weighted by atomic mass is 32.2. The largest absolute Gasteiger partial charge is 0.396 e. The highest BCUT2D eigenvalue weighted by Gasteiger charge is 1.92. The van der Waals surface area contributed by atoms with Gasteiger partial charge in [0.2, 0.25) is 0 Å². The van der Waals surface area contributed by atoms with Gasteiger partial charge in [0, 0.05) is 6.61 Å². The first kappa shape index (κ1) is 13.8. The molecular formula is C11H23NOS. The van der Waals surface area contributed by atoms with Crippen molar-refractivity contribution in [2.24, 2.45) is 5.73 Å². The van der Waals surface area contributed by atoms with Crippen LogP contribution in [0.25, 0.3) is 0 Å². The standard InChI is InChI=1S/C11H23NOS/c1-11(12)14-10-8-6-4-2-3-5-7-9-13/h13H,1-10,12H2. The van der Waals surface area contributed by atoms with E-state index in [0.29, 0.717) is 6.61 Å². The zero-order chi connectivity index (χ0) is 10.6. The van der Waals surface area contributed by atoms with Crippen LogP contribution in [0.3, 0.4) is 0 Å². The minimum atomic E-state index is 0.343. The fourth-order valence-corrected chi connectivity index (χ4v) is 1.91. The fraction of sp³-hybridized carbons (Fsp3) is 0.818. The molecule has 0 saturated heterocycles. The molecule has 0 amide bonds. The first-order valence-electron chi connectivity index (χ1n) is 5.45. The van der Waals surface area contributed by atoms with Gasteiger partial charge in [0.15, 0.2) is 0 Å². The number of hydrogen-bond acceptors (Lipinski definition) is 3. The van der Waals surface area contributed by atoms with Gasteiger partial charge in [-0.15, -0.1) is 11.8 Å². The topological polar surface area (TPSA) is 46.2 Å². The molecule has 0 saturated carbocycles. The number of thioether (sulfide) groups is 1. The number of nitrogens with two attached hydrogens (primary N) is 1. The van der Waals surface area contributed by atoms with Crippen LogP contribution in [0.15, 0.2) is 11.6 Å². The van der Waals surface area contributed by atoms with Gasteiger partial charge >= 0.3 is 0 Å². The average molecular weight is 217 g/mol. The molecule has 0 aromatic rings. The van der Waals surface area contributed by atoms with E-state index in [-0.39, 0.29) is 0 Å². The van der Waals surface area contributed by atoms with Crippen LogP contribution in [0.4, 0.5) is 0 Å². The Morgan fingerprint density at radius 1 is 1.00 bits per heavy atom. The van der Waals surface area contributed by atoms with Crippen molar-refractivity contribution in [3.05, 3.63) is 11.6 Å². The molecule has 0 radical (unpaired) electrons. The molecule has 0 aliphatic heterocycles. The monoisotopic (exact) mass is 217 g/mol. The van der Waals surface area contributed by atoms with Gasteiger partial charge in [0.25, 0.3) is 0 Å². The molecule has 0 atom stereocenters. The summed E-state index contributed by atoms with van der Waals surface area (Å²) in [5.41, 5.74) is 5.43. The smallest absolute Gasteiger partial charge is 0.0581 e. The molecule has 0 aliphatic carbocycles. The molecule has 0 heterocycles. The van der Waals surface area contributed by atoms with E-state index < -0.39 is 0 Å². The third-order valence-electron chi connectivity index (χ3n) is 2.09. The second kappa shape index (κ2) is 10.9. The Hall–Kier alpha value is -0.150. The molecule has 3 heteroatoms. The van der Waals surface area contributed by atoms with Crippen molar-refractivity contribution in [1.82, 2.24) is 0 Å². The predicted molar refractivity (Wildman–Crippen MR) is 65.2 cm³/mol. The van der Waals surface area contributed by atoms with Crippen LogP contribution < -0.4 is 5.73 Å². The summed E-state index contributed by atoms with van der Waals surface area (Å²) in [7, 11) is 0. The third-order valence-corrected chi connectivity index (χ3v) is 2.95. The molecule has 0 fully saturated rings. The van der Waals surface area contributed by atoms with Gasteiger partial charge in [0.05, 0.1) is 5.03 Å². The zero-order valence-corrected chi connectivity index (χ0v) is 9.82. The number of rotatable bonds is 10. The Bertz CT molecular complexity index is 139. The van der Waals surface area contributed by atoms with Crippen LogP contribution in [-0.2, 0) is 0 Å².